The number of ether oxygens (including phenoxy) is 1. The molecule has 1 aromatic rings. The first-order chi connectivity index (χ1) is 14.0. The van der Waals surface area contributed by atoms with Crippen molar-refractivity contribution in [3.63, 3.8) is 0 Å². The van der Waals surface area contributed by atoms with Gasteiger partial charge in [0.1, 0.15) is 18.5 Å². The highest BCUT2D eigenvalue weighted by Crippen LogP contribution is 2.34. The van der Waals surface area contributed by atoms with Gasteiger partial charge in [-0.05, 0) is 30.0 Å². The fraction of sp³-hybridized carbons (Fsp3) is 0.619. The minimum Gasteiger partial charge on any atom is -0.383 e. The maximum absolute atomic E-state index is 13.3. The van der Waals surface area contributed by atoms with Gasteiger partial charge in [0.05, 0.1) is 13.2 Å². The number of carbonyl (C=O) groups excluding carboxylic acids is 2. The number of hydrogen-bond donors (Lipinski definition) is 1. The van der Waals surface area contributed by atoms with Crippen LogP contribution in [0.1, 0.15) is 19.4 Å². The van der Waals surface area contributed by atoms with Crippen molar-refractivity contribution in [3.8, 4) is 0 Å². The molecule has 1 aromatic carbocycles. The first-order valence-corrected chi connectivity index (χ1v) is 10.4. The summed E-state index contributed by atoms with van der Waals surface area (Å²) in [6, 6.07) is 7.97. The molecule has 3 aliphatic rings. The number of hydrogen-bond acceptors (Lipinski definition) is 6. The molecule has 3 fully saturated rings. The standard InChI is InChI=1S/C21H31N5O3/c1-5-15-6-8-16(9-7-15)25-12-14(2)13-26-17-18(22-20(25)26)23(3)21(28)24(19(17)27)10-11-29-4/h6-9,14,17-18,20,22H,5,10-13H2,1-4H3. The van der Waals surface area contributed by atoms with E-state index in [-0.39, 0.29) is 37.0 Å². The molecular formula is C21H31N5O3. The Labute approximate surface area is 172 Å². The number of urea groups is 1. The number of imide groups is 1. The van der Waals surface area contributed by atoms with E-state index in [1.54, 1.807) is 19.1 Å². The topological polar surface area (TPSA) is 68.4 Å². The van der Waals surface area contributed by atoms with E-state index >= 15 is 0 Å². The summed E-state index contributed by atoms with van der Waals surface area (Å²) >= 11 is 0. The summed E-state index contributed by atoms with van der Waals surface area (Å²) in [6.45, 7) is 6.69. The molecule has 4 unspecified atom stereocenters. The van der Waals surface area contributed by atoms with E-state index in [0.717, 1.165) is 25.2 Å². The lowest BCUT2D eigenvalue weighted by molar-refractivity contribution is -0.139. The number of amides is 3. The average Bonchev–Trinajstić information content (AvgIpc) is 3.11. The van der Waals surface area contributed by atoms with E-state index in [4.69, 9.17) is 4.74 Å². The second-order valence-electron chi connectivity index (χ2n) is 8.28. The predicted molar refractivity (Wildman–Crippen MR) is 110 cm³/mol. The van der Waals surface area contributed by atoms with E-state index in [1.165, 1.54) is 10.5 Å². The molecule has 1 N–H and O–H groups in total. The Kier molecular flexibility index (Phi) is 5.50. The predicted octanol–water partition coefficient (Wildman–Crippen LogP) is 1.13. The first kappa shape index (κ1) is 20.1. The molecule has 4 atom stereocenters. The maximum atomic E-state index is 13.3. The summed E-state index contributed by atoms with van der Waals surface area (Å²) in [5, 5.41) is 3.56. The first-order valence-electron chi connectivity index (χ1n) is 10.4. The third-order valence-corrected chi connectivity index (χ3v) is 6.28. The van der Waals surface area contributed by atoms with Gasteiger partial charge >= 0.3 is 6.03 Å². The fourth-order valence-corrected chi connectivity index (χ4v) is 4.73. The van der Waals surface area contributed by atoms with Crippen molar-refractivity contribution in [2.75, 3.05) is 45.3 Å². The van der Waals surface area contributed by atoms with Gasteiger partial charge in [-0.3, -0.25) is 19.9 Å². The number of anilines is 1. The van der Waals surface area contributed by atoms with Gasteiger partial charge in [-0.15, -0.1) is 0 Å². The molecule has 0 spiro atoms. The molecule has 3 saturated heterocycles. The summed E-state index contributed by atoms with van der Waals surface area (Å²) in [4.78, 5) is 33.6. The summed E-state index contributed by atoms with van der Waals surface area (Å²) in [5.74, 6) is 0.265. The summed E-state index contributed by atoms with van der Waals surface area (Å²) in [6.07, 6.45) is 0.560. The molecule has 8 nitrogen and oxygen atoms in total. The van der Waals surface area contributed by atoms with Crippen LogP contribution in [0.4, 0.5) is 10.5 Å². The smallest absolute Gasteiger partial charge is 0.327 e. The Morgan fingerprint density at radius 2 is 1.90 bits per heavy atom. The zero-order chi connectivity index (χ0) is 20.7. The number of likely N-dealkylation sites (N-methyl/N-ethyl adjacent to an activating group) is 1. The van der Waals surface area contributed by atoms with Crippen LogP contribution in [0.5, 0.6) is 0 Å². The van der Waals surface area contributed by atoms with Crippen molar-refractivity contribution in [2.45, 2.75) is 38.8 Å². The Morgan fingerprint density at radius 1 is 1.17 bits per heavy atom. The highest BCUT2D eigenvalue weighted by molar-refractivity contribution is 6.00. The number of aryl methyl sites for hydroxylation is 1. The number of nitrogens with one attached hydrogen (secondary N) is 1. The van der Waals surface area contributed by atoms with Gasteiger partial charge in [0.15, 0.2) is 0 Å². The second-order valence-corrected chi connectivity index (χ2v) is 8.28. The van der Waals surface area contributed by atoms with E-state index in [1.807, 2.05) is 0 Å². The van der Waals surface area contributed by atoms with Crippen molar-refractivity contribution < 1.29 is 14.3 Å². The Bertz CT molecular complexity index is 770. The molecule has 0 aliphatic carbocycles. The van der Waals surface area contributed by atoms with Crippen molar-refractivity contribution >= 4 is 17.6 Å². The van der Waals surface area contributed by atoms with E-state index in [0.29, 0.717) is 12.5 Å². The maximum Gasteiger partial charge on any atom is 0.327 e. The third-order valence-electron chi connectivity index (χ3n) is 6.28. The molecule has 29 heavy (non-hydrogen) atoms. The minimum absolute atomic E-state index is 0.116. The van der Waals surface area contributed by atoms with Gasteiger partial charge in [0, 0.05) is 32.9 Å². The van der Waals surface area contributed by atoms with Crippen LogP contribution in [0.3, 0.4) is 0 Å². The van der Waals surface area contributed by atoms with Crippen LogP contribution < -0.4 is 10.2 Å². The number of methoxy groups -OCH3 is 1. The van der Waals surface area contributed by atoms with Crippen molar-refractivity contribution in [2.24, 2.45) is 5.92 Å². The molecule has 0 bridgehead atoms. The highest BCUT2D eigenvalue weighted by atomic mass is 16.5. The number of carbonyl (C=O) groups is 2. The molecule has 3 aliphatic heterocycles. The molecule has 4 rings (SSSR count). The lowest BCUT2D eigenvalue weighted by Crippen LogP contribution is -2.67. The highest BCUT2D eigenvalue weighted by Gasteiger charge is 2.56. The molecule has 8 heteroatoms. The van der Waals surface area contributed by atoms with Gasteiger partial charge in [0.25, 0.3) is 5.91 Å². The fourth-order valence-electron chi connectivity index (χ4n) is 4.73. The summed E-state index contributed by atoms with van der Waals surface area (Å²) in [5.41, 5.74) is 2.44. The van der Waals surface area contributed by atoms with E-state index in [9.17, 15) is 9.59 Å². The van der Waals surface area contributed by atoms with Gasteiger partial charge in [-0.25, -0.2) is 4.79 Å². The zero-order valence-electron chi connectivity index (χ0n) is 17.7. The Balaban J connectivity index is 1.63. The van der Waals surface area contributed by atoms with Crippen LogP contribution in [0.15, 0.2) is 24.3 Å². The van der Waals surface area contributed by atoms with Gasteiger partial charge in [-0.2, -0.15) is 0 Å². The second kappa shape index (κ2) is 7.93. The van der Waals surface area contributed by atoms with Crippen LogP contribution in [-0.2, 0) is 16.0 Å². The van der Waals surface area contributed by atoms with Gasteiger partial charge in [-0.1, -0.05) is 26.0 Å². The SMILES string of the molecule is CCc1ccc(N2CC(C)CN3C4C(=O)N(CCOC)C(=O)N(C)C4NC23)cc1. The monoisotopic (exact) mass is 401 g/mol. The zero-order valence-corrected chi connectivity index (χ0v) is 17.7. The van der Waals surface area contributed by atoms with Crippen molar-refractivity contribution in [1.29, 1.82) is 0 Å². The largest absolute Gasteiger partial charge is 0.383 e. The normalized spacial score (nSPS) is 30.0. The van der Waals surface area contributed by atoms with Crippen LogP contribution in [-0.4, -0.2) is 85.5 Å². The van der Waals surface area contributed by atoms with E-state index < -0.39 is 0 Å². The van der Waals surface area contributed by atoms with E-state index in [2.05, 4.69) is 53.2 Å². The molecule has 0 aromatic heterocycles. The van der Waals surface area contributed by atoms with Crippen LogP contribution in [0.25, 0.3) is 0 Å². The van der Waals surface area contributed by atoms with Crippen LogP contribution >= 0.6 is 0 Å². The summed E-state index contributed by atoms with van der Waals surface area (Å²) < 4.78 is 5.10. The Morgan fingerprint density at radius 3 is 2.55 bits per heavy atom. The number of nitrogens with zero attached hydrogens (tertiary/aromatic N) is 4. The summed E-state index contributed by atoms with van der Waals surface area (Å²) in [7, 11) is 3.34. The minimum atomic E-state index is -0.389. The number of rotatable bonds is 5. The van der Waals surface area contributed by atoms with Crippen molar-refractivity contribution in [1.82, 2.24) is 20.0 Å². The number of benzene rings is 1. The molecule has 158 valence electrons. The lowest BCUT2D eigenvalue weighted by atomic mass is 10.0. The van der Waals surface area contributed by atoms with Crippen LogP contribution in [0.2, 0.25) is 0 Å². The molecule has 0 saturated carbocycles. The molecular weight excluding hydrogens is 370 g/mol. The Hall–Kier alpha value is -2.16. The quantitative estimate of drug-likeness (QED) is 0.798. The molecule has 3 heterocycles. The lowest BCUT2D eigenvalue weighted by Gasteiger charge is -2.46. The molecule has 0 radical (unpaired) electrons. The third kappa shape index (κ3) is 3.39. The van der Waals surface area contributed by atoms with Gasteiger partial charge < -0.3 is 14.5 Å². The number of fused-ring (bicyclic) bond motifs is 3. The average molecular weight is 402 g/mol. The van der Waals surface area contributed by atoms with Crippen molar-refractivity contribution in [3.05, 3.63) is 29.8 Å². The molecule has 3 amide bonds. The van der Waals surface area contributed by atoms with Gasteiger partial charge in [0.2, 0.25) is 0 Å². The van der Waals surface area contributed by atoms with Crippen LogP contribution in [0, 0.1) is 5.92 Å².